The summed E-state index contributed by atoms with van der Waals surface area (Å²) in [6.07, 6.45) is 8.25. The van der Waals surface area contributed by atoms with E-state index in [2.05, 4.69) is 46.7 Å². The van der Waals surface area contributed by atoms with E-state index in [1.165, 1.54) is 11.8 Å². The van der Waals surface area contributed by atoms with E-state index in [9.17, 15) is 0 Å². The molecule has 2 saturated carbocycles. The van der Waals surface area contributed by atoms with Crippen molar-refractivity contribution in [2.45, 2.75) is 69.2 Å². The first kappa shape index (κ1) is 21.1. The molecule has 4 atom stereocenters. The first-order valence-corrected chi connectivity index (χ1v) is 12.5. The normalized spacial score (nSPS) is 28.0. The van der Waals surface area contributed by atoms with Gasteiger partial charge in [0.05, 0.1) is 24.3 Å². The van der Waals surface area contributed by atoms with Crippen LogP contribution in [0.1, 0.15) is 50.2 Å². The van der Waals surface area contributed by atoms with Gasteiger partial charge in [-0.1, -0.05) is 25.1 Å². The standard InChI is InChI=1S/C26H34N6O/c1-16(14-28-2)6-7-17-4-3-5-18(12-17)23-30-24(29-19-8-9-19)20(13-27)25(31-23)32-21-10-11-26(21)22(32)15-33-26/h3-5,12-13,16,19,21-22,27-28H,6-11,14-15H2,1-2H3,(H,29,30,31). The van der Waals surface area contributed by atoms with E-state index in [0.717, 1.165) is 80.3 Å². The van der Waals surface area contributed by atoms with Crippen LogP contribution in [0.15, 0.2) is 24.3 Å². The lowest BCUT2D eigenvalue weighted by Crippen LogP contribution is -2.90. The predicted molar refractivity (Wildman–Crippen MR) is 131 cm³/mol. The van der Waals surface area contributed by atoms with Gasteiger partial charge in [-0.2, -0.15) is 0 Å². The maximum Gasteiger partial charge on any atom is 0.163 e. The zero-order valence-corrected chi connectivity index (χ0v) is 19.6. The SMILES string of the molecule is CNCC(C)CCc1cccc(-c2nc(NC3CC3)c(C=N)c(N3C4CCC45OCC35)n2)c1. The summed E-state index contributed by atoms with van der Waals surface area (Å²) in [6, 6.07) is 9.93. The van der Waals surface area contributed by atoms with E-state index >= 15 is 0 Å². The van der Waals surface area contributed by atoms with E-state index in [1.807, 2.05) is 7.05 Å². The smallest absolute Gasteiger partial charge is 0.163 e. The Balaban J connectivity index is 1.34. The van der Waals surface area contributed by atoms with Crippen molar-refractivity contribution in [3.8, 4) is 11.4 Å². The van der Waals surface area contributed by atoms with Gasteiger partial charge in [-0.15, -0.1) is 0 Å². The van der Waals surface area contributed by atoms with Crippen LogP contribution in [0.3, 0.4) is 0 Å². The van der Waals surface area contributed by atoms with Crippen molar-refractivity contribution in [1.29, 1.82) is 5.41 Å². The van der Waals surface area contributed by atoms with Gasteiger partial charge in [0.25, 0.3) is 0 Å². The van der Waals surface area contributed by atoms with Crippen molar-refractivity contribution in [1.82, 2.24) is 15.3 Å². The van der Waals surface area contributed by atoms with Crippen LogP contribution < -0.4 is 15.5 Å². The van der Waals surface area contributed by atoms with E-state index in [1.54, 1.807) is 0 Å². The molecule has 7 heteroatoms. The average molecular weight is 447 g/mol. The first-order chi connectivity index (χ1) is 16.1. The highest BCUT2D eigenvalue weighted by atomic mass is 16.5. The third-order valence-corrected chi connectivity index (χ3v) is 8.01. The van der Waals surface area contributed by atoms with Crippen molar-refractivity contribution in [3.63, 3.8) is 0 Å². The number of aromatic nitrogens is 2. The van der Waals surface area contributed by atoms with Crippen molar-refractivity contribution in [2.75, 3.05) is 30.4 Å². The van der Waals surface area contributed by atoms with Crippen LogP contribution in [-0.2, 0) is 11.2 Å². The van der Waals surface area contributed by atoms with Crippen LogP contribution >= 0.6 is 0 Å². The lowest BCUT2D eigenvalue weighted by atomic mass is 9.58. The number of anilines is 2. The number of aryl methyl sites for hydroxylation is 1. The molecule has 4 aliphatic rings. The molecule has 3 N–H and O–H groups in total. The van der Waals surface area contributed by atoms with Crippen LogP contribution in [0.5, 0.6) is 0 Å². The van der Waals surface area contributed by atoms with E-state index in [0.29, 0.717) is 24.0 Å². The largest absolute Gasteiger partial charge is 0.368 e. The third kappa shape index (κ3) is 3.44. The number of benzene rings is 1. The van der Waals surface area contributed by atoms with E-state index in [4.69, 9.17) is 20.1 Å². The quantitative estimate of drug-likeness (QED) is 0.483. The molecule has 174 valence electrons. The molecular weight excluding hydrogens is 412 g/mol. The van der Waals surface area contributed by atoms with Crippen molar-refractivity contribution in [3.05, 3.63) is 35.4 Å². The Morgan fingerprint density at radius 2 is 2.15 bits per heavy atom. The number of ether oxygens (including phenoxy) is 1. The summed E-state index contributed by atoms with van der Waals surface area (Å²) in [4.78, 5) is 12.4. The number of nitrogens with one attached hydrogen (secondary N) is 3. The fourth-order valence-corrected chi connectivity index (χ4v) is 5.78. The molecule has 0 amide bonds. The molecule has 4 fully saturated rings. The van der Waals surface area contributed by atoms with Crippen LogP contribution in [0, 0.1) is 11.3 Å². The molecule has 4 unspecified atom stereocenters. The van der Waals surface area contributed by atoms with Gasteiger partial charge in [0, 0.05) is 17.8 Å². The lowest BCUT2D eigenvalue weighted by Gasteiger charge is -2.75. The molecule has 2 aliphatic heterocycles. The van der Waals surface area contributed by atoms with Crippen LogP contribution in [0.25, 0.3) is 11.4 Å². The highest BCUT2D eigenvalue weighted by Crippen LogP contribution is 2.60. The summed E-state index contributed by atoms with van der Waals surface area (Å²) < 4.78 is 5.98. The minimum Gasteiger partial charge on any atom is -0.368 e. The summed E-state index contributed by atoms with van der Waals surface area (Å²) in [5.41, 5.74) is 3.26. The number of morpholine rings is 1. The Hall–Kier alpha value is -2.51. The van der Waals surface area contributed by atoms with Crippen molar-refractivity contribution in [2.24, 2.45) is 5.92 Å². The van der Waals surface area contributed by atoms with Crippen LogP contribution in [0.4, 0.5) is 11.6 Å². The molecule has 1 spiro atoms. The minimum atomic E-state index is 0.0679. The highest BCUT2D eigenvalue weighted by molar-refractivity contribution is 5.93. The molecule has 33 heavy (non-hydrogen) atoms. The molecule has 1 aromatic carbocycles. The minimum absolute atomic E-state index is 0.0679. The number of rotatable bonds is 10. The fraction of sp³-hybridized carbons (Fsp3) is 0.577. The van der Waals surface area contributed by atoms with Gasteiger partial charge in [0.2, 0.25) is 0 Å². The van der Waals surface area contributed by atoms with Crippen molar-refractivity contribution >= 4 is 17.9 Å². The molecule has 3 heterocycles. The highest BCUT2D eigenvalue weighted by Gasteiger charge is 2.73. The van der Waals surface area contributed by atoms with Crippen molar-refractivity contribution < 1.29 is 4.74 Å². The number of hydrogen-bond donors (Lipinski definition) is 3. The number of nitrogens with zero attached hydrogens (tertiary/aromatic N) is 3. The molecule has 0 bridgehead atoms. The van der Waals surface area contributed by atoms with Gasteiger partial charge in [0.15, 0.2) is 5.82 Å². The van der Waals surface area contributed by atoms with Gasteiger partial charge in [0.1, 0.15) is 17.2 Å². The Morgan fingerprint density at radius 3 is 2.79 bits per heavy atom. The average Bonchev–Trinajstić information content (AvgIpc) is 3.60. The van der Waals surface area contributed by atoms with E-state index in [-0.39, 0.29) is 5.60 Å². The topological polar surface area (TPSA) is 86.2 Å². The Bertz CT molecular complexity index is 1050. The van der Waals surface area contributed by atoms with Gasteiger partial charge in [-0.3, -0.25) is 0 Å². The molecule has 2 aromatic rings. The zero-order valence-electron chi connectivity index (χ0n) is 19.6. The first-order valence-electron chi connectivity index (χ1n) is 12.5. The maximum absolute atomic E-state index is 8.18. The third-order valence-electron chi connectivity index (χ3n) is 8.01. The van der Waals surface area contributed by atoms with E-state index < -0.39 is 0 Å². The monoisotopic (exact) mass is 446 g/mol. The maximum atomic E-state index is 8.18. The molecule has 7 nitrogen and oxygen atoms in total. The van der Waals surface area contributed by atoms with Gasteiger partial charge < -0.3 is 25.7 Å². The second-order valence-corrected chi connectivity index (χ2v) is 10.3. The Labute approximate surface area is 195 Å². The summed E-state index contributed by atoms with van der Waals surface area (Å²) in [5.74, 6) is 3.10. The predicted octanol–water partition coefficient (Wildman–Crippen LogP) is 3.62. The molecule has 2 saturated heterocycles. The Kier molecular flexibility index (Phi) is 5.14. The lowest BCUT2D eigenvalue weighted by molar-refractivity contribution is -0.276. The van der Waals surface area contributed by atoms with Gasteiger partial charge in [-0.25, -0.2) is 9.97 Å². The fourth-order valence-electron chi connectivity index (χ4n) is 5.78. The second-order valence-electron chi connectivity index (χ2n) is 10.3. The molecule has 6 rings (SSSR count). The summed E-state index contributed by atoms with van der Waals surface area (Å²) in [7, 11) is 2.01. The summed E-state index contributed by atoms with van der Waals surface area (Å²) in [6.45, 7) is 4.09. The molecule has 2 aliphatic carbocycles. The zero-order chi connectivity index (χ0) is 22.6. The molecule has 1 aromatic heterocycles. The van der Waals surface area contributed by atoms with Crippen LogP contribution in [-0.4, -0.2) is 60.1 Å². The second kappa shape index (κ2) is 8.06. The Morgan fingerprint density at radius 1 is 1.27 bits per heavy atom. The summed E-state index contributed by atoms with van der Waals surface area (Å²) >= 11 is 0. The number of piperidine rings is 1. The van der Waals surface area contributed by atoms with Gasteiger partial charge in [-0.05, 0) is 69.7 Å². The molecular formula is C26H34N6O. The summed E-state index contributed by atoms with van der Waals surface area (Å²) in [5, 5.41) is 15.0. The van der Waals surface area contributed by atoms with Gasteiger partial charge >= 0.3 is 0 Å². The molecule has 0 radical (unpaired) electrons. The number of hydrogen-bond acceptors (Lipinski definition) is 7. The van der Waals surface area contributed by atoms with Crippen LogP contribution in [0.2, 0.25) is 0 Å².